The molecule has 3 aromatic rings. The van der Waals surface area contributed by atoms with E-state index in [0.717, 1.165) is 5.56 Å². The van der Waals surface area contributed by atoms with Crippen molar-refractivity contribution in [2.75, 3.05) is 0 Å². The molecule has 0 saturated carbocycles. The van der Waals surface area contributed by atoms with Gasteiger partial charge in [-0.05, 0) is 11.6 Å². The highest BCUT2D eigenvalue weighted by Gasteiger charge is 2.23. The van der Waals surface area contributed by atoms with Gasteiger partial charge in [0.05, 0.1) is 0 Å². The first kappa shape index (κ1) is 14.4. The Hall–Kier alpha value is -2.51. The minimum absolute atomic E-state index is 0.0120. The van der Waals surface area contributed by atoms with Crippen molar-refractivity contribution in [3.8, 4) is 22.5 Å². The van der Waals surface area contributed by atoms with Gasteiger partial charge in [0.25, 0.3) is 0 Å². The summed E-state index contributed by atoms with van der Waals surface area (Å²) in [5, 5.41) is 9.21. The summed E-state index contributed by atoms with van der Waals surface area (Å²) in [6.45, 7) is 1.63. The van der Waals surface area contributed by atoms with E-state index in [4.69, 9.17) is 9.66 Å². The van der Waals surface area contributed by atoms with E-state index in [-0.39, 0.29) is 10.7 Å². The predicted molar refractivity (Wildman–Crippen MR) is 81.3 cm³/mol. The Labute approximate surface area is 127 Å². The van der Waals surface area contributed by atoms with Crippen molar-refractivity contribution >= 4 is 10.0 Å². The Bertz CT molecular complexity index is 918. The van der Waals surface area contributed by atoms with Crippen LogP contribution in [0, 0.1) is 6.92 Å². The first-order valence-corrected chi connectivity index (χ1v) is 8.03. The highest BCUT2D eigenvalue weighted by molar-refractivity contribution is 7.89. The summed E-state index contributed by atoms with van der Waals surface area (Å²) in [7, 11) is -3.97. The lowest BCUT2D eigenvalue weighted by atomic mass is 10.0. The molecule has 0 amide bonds. The van der Waals surface area contributed by atoms with Gasteiger partial charge < -0.3 is 4.52 Å². The van der Waals surface area contributed by atoms with Crippen LogP contribution in [0.2, 0.25) is 0 Å². The first-order chi connectivity index (χ1) is 10.5. The molecule has 0 aliphatic rings. The van der Waals surface area contributed by atoms with Crippen LogP contribution in [0.1, 0.15) is 5.89 Å². The standard InChI is InChI=1S/C15H13N3O3S/c1-10-17-15(18-21-10)13-9-5-8-12(14(13)22(16,19)20)11-6-3-2-4-7-11/h2-9H,1H3,(H2,16,19,20). The molecule has 0 radical (unpaired) electrons. The van der Waals surface area contributed by atoms with Crippen LogP contribution in [0.15, 0.2) is 57.9 Å². The maximum atomic E-state index is 12.1. The first-order valence-electron chi connectivity index (χ1n) is 6.49. The lowest BCUT2D eigenvalue weighted by Gasteiger charge is -2.11. The van der Waals surface area contributed by atoms with Gasteiger partial charge in [0, 0.05) is 18.1 Å². The van der Waals surface area contributed by atoms with Gasteiger partial charge >= 0.3 is 0 Å². The predicted octanol–water partition coefficient (Wildman–Crippen LogP) is 2.36. The molecular weight excluding hydrogens is 302 g/mol. The molecule has 0 spiro atoms. The fourth-order valence-electron chi connectivity index (χ4n) is 2.27. The molecule has 112 valence electrons. The zero-order chi connectivity index (χ0) is 15.7. The molecule has 22 heavy (non-hydrogen) atoms. The van der Waals surface area contributed by atoms with Crippen LogP contribution in [0.3, 0.4) is 0 Å². The van der Waals surface area contributed by atoms with Gasteiger partial charge in [0.15, 0.2) is 0 Å². The molecule has 0 atom stereocenters. The van der Waals surface area contributed by atoms with Crippen LogP contribution >= 0.6 is 0 Å². The average Bonchev–Trinajstić information content (AvgIpc) is 2.93. The summed E-state index contributed by atoms with van der Waals surface area (Å²) in [5.74, 6) is 0.541. The van der Waals surface area contributed by atoms with Crippen molar-refractivity contribution in [3.63, 3.8) is 0 Å². The number of nitrogens with two attached hydrogens (primary N) is 1. The molecule has 2 aromatic carbocycles. The second-order valence-electron chi connectivity index (χ2n) is 4.73. The maximum Gasteiger partial charge on any atom is 0.239 e. The Morgan fingerprint density at radius 1 is 1.00 bits per heavy atom. The molecule has 6 nitrogen and oxygen atoms in total. The van der Waals surface area contributed by atoms with E-state index >= 15 is 0 Å². The van der Waals surface area contributed by atoms with Gasteiger partial charge in [0.1, 0.15) is 4.90 Å². The third-order valence-electron chi connectivity index (χ3n) is 3.15. The van der Waals surface area contributed by atoms with E-state index in [1.807, 2.05) is 30.3 Å². The molecule has 1 aromatic heterocycles. The number of hydrogen-bond acceptors (Lipinski definition) is 5. The summed E-state index contributed by atoms with van der Waals surface area (Å²) in [6.07, 6.45) is 0. The molecule has 0 fully saturated rings. The fraction of sp³-hybridized carbons (Fsp3) is 0.0667. The molecule has 3 rings (SSSR count). The van der Waals surface area contributed by atoms with Gasteiger partial charge in [-0.25, -0.2) is 13.6 Å². The smallest absolute Gasteiger partial charge is 0.239 e. The van der Waals surface area contributed by atoms with Gasteiger partial charge in [-0.3, -0.25) is 0 Å². The van der Waals surface area contributed by atoms with E-state index in [0.29, 0.717) is 17.0 Å². The van der Waals surface area contributed by atoms with Gasteiger partial charge in [-0.1, -0.05) is 47.6 Å². The molecule has 0 aliphatic heterocycles. The van der Waals surface area contributed by atoms with Crippen LogP contribution < -0.4 is 5.14 Å². The van der Waals surface area contributed by atoms with E-state index in [1.54, 1.807) is 25.1 Å². The Kier molecular flexibility index (Phi) is 3.51. The monoisotopic (exact) mass is 315 g/mol. The highest BCUT2D eigenvalue weighted by atomic mass is 32.2. The van der Waals surface area contributed by atoms with Crippen molar-refractivity contribution in [3.05, 3.63) is 54.4 Å². The Morgan fingerprint density at radius 2 is 1.68 bits per heavy atom. The summed E-state index contributed by atoms with van der Waals surface area (Å²) in [6, 6.07) is 14.2. The molecule has 0 saturated heterocycles. The minimum atomic E-state index is -3.97. The number of sulfonamides is 1. The number of benzene rings is 2. The van der Waals surface area contributed by atoms with Gasteiger partial charge in [-0.2, -0.15) is 4.98 Å². The molecular formula is C15H13N3O3S. The second-order valence-corrected chi connectivity index (χ2v) is 6.23. The Balaban J connectivity index is 2.33. The zero-order valence-corrected chi connectivity index (χ0v) is 12.5. The number of rotatable bonds is 3. The van der Waals surface area contributed by atoms with Crippen molar-refractivity contribution in [1.29, 1.82) is 0 Å². The number of aromatic nitrogens is 2. The van der Waals surface area contributed by atoms with E-state index in [1.165, 1.54) is 0 Å². The lowest BCUT2D eigenvalue weighted by molar-refractivity contribution is 0.394. The third-order valence-corrected chi connectivity index (χ3v) is 4.16. The number of hydrogen-bond donors (Lipinski definition) is 1. The quantitative estimate of drug-likeness (QED) is 0.800. The highest BCUT2D eigenvalue weighted by Crippen LogP contribution is 2.33. The summed E-state index contributed by atoms with van der Waals surface area (Å²) in [5.41, 5.74) is 1.57. The molecule has 1 heterocycles. The summed E-state index contributed by atoms with van der Waals surface area (Å²) >= 11 is 0. The summed E-state index contributed by atoms with van der Waals surface area (Å²) in [4.78, 5) is 4.08. The average molecular weight is 315 g/mol. The largest absolute Gasteiger partial charge is 0.339 e. The molecule has 0 bridgehead atoms. The van der Waals surface area contributed by atoms with Gasteiger partial charge in [-0.15, -0.1) is 0 Å². The molecule has 7 heteroatoms. The van der Waals surface area contributed by atoms with Crippen LogP contribution in [-0.4, -0.2) is 18.6 Å². The normalized spacial score (nSPS) is 11.5. The zero-order valence-electron chi connectivity index (χ0n) is 11.7. The molecule has 2 N–H and O–H groups in total. The molecule has 0 aliphatic carbocycles. The minimum Gasteiger partial charge on any atom is -0.339 e. The van der Waals surface area contributed by atoms with Crippen LogP contribution in [0.5, 0.6) is 0 Å². The van der Waals surface area contributed by atoms with Crippen molar-refractivity contribution < 1.29 is 12.9 Å². The fourth-order valence-corrected chi connectivity index (χ4v) is 3.23. The van der Waals surface area contributed by atoms with Crippen molar-refractivity contribution in [2.24, 2.45) is 5.14 Å². The SMILES string of the molecule is Cc1nc(-c2cccc(-c3ccccc3)c2S(N)(=O)=O)no1. The van der Waals surface area contributed by atoms with Crippen LogP contribution in [-0.2, 0) is 10.0 Å². The van der Waals surface area contributed by atoms with Crippen molar-refractivity contribution in [1.82, 2.24) is 10.1 Å². The third kappa shape index (κ3) is 2.63. The van der Waals surface area contributed by atoms with Gasteiger partial charge in [0.2, 0.25) is 21.7 Å². The second kappa shape index (κ2) is 5.36. The molecule has 0 unspecified atom stereocenters. The van der Waals surface area contributed by atoms with Crippen LogP contribution in [0.4, 0.5) is 0 Å². The van der Waals surface area contributed by atoms with E-state index in [2.05, 4.69) is 10.1 Å². The summed E-state index contributed by atoms with van der Waals surface area (Å²) < 4.78 is 29.2. The number of nitrogens with zero attached hydrogens (tertiary/aromatic N) is 2. The number of primary sulfonamides is 1. The van der Waals surface area contributed by atoms with E-state index < -0.39 is 10.0 Å². The lowest BCUT2D eigenvalue weighted by Crippen LogP contribution is -2.15. The van der Waals surface area contributed by atoms with Crippen molar-refractivity contribution in [2.45, 2.75) is 11.8 Å². The number of aryl methyl sites for hydroxylation is 1. The maximum absolute atomic E-state index is 12.1. The Morgan fingerprint density at radius 3 is 2.27 bits per heavy atom. The van der Waals surface area contributed by atoms with Crippen LogP contribution in [0.25, 0.3) is 22.5 Å². The topological polar surface area (TPSA) is 99.1 Å². The van der Waals surface area contributed by atoms with E-state index in [9.17, 15) is 8.42 Å².